The summed E-state index contributed by atoms with van der Waals surface area (Å²) in [5.74, 6) is -0.139. The topological polar surface area (TPSA) is 41.5 Å². The maximum absolute atomic E-state index is 12.2. The number of hydrogen-bond donors (Lipinski definition) is 1. The minimum atomic E-state index is -0.139. The summed E-state index contributed by atoms with van der Waals surface area (Å²) in [5.41, 5.74) is 5.27. The standard InChI is InChI=1S/C20H17ClN2O/c1-14(15-9-11-18(21)12-10-15)22-23-20(24)13-17-7-4-6-16-5-2-3-8-19(16)17/h2-12H,13H2,1H3,(H,23,24). The lowest BCUT2D eigenvalue weighted by molar-refractivity contribution is -0.120. The van der Waals surface area contributed by atoms with E-state index in [1.165, 1.54) is 0 Å². The predicted octanol–water partition coefficient (Wildman–Crippen LogP) is 4.58. The van der Waals surface area contributed by atoms with E-state index in [-0.39, 0.29) is 5.91 Å². The predicted molar refractivity (Wildman–Crippen MR) is 99.5 cm³/mol. The molecule has 0 saturated heterocycles. The molecule has 1 amide bonds. The van der Waals surface area contributed by atoms with Crippen LogP contribution in [0.2, 0.25) is 5.02 Å². The van der Waals surface area contributed by atoms with E-state index in [0.717, 1.165) is 27.6 Å². The summed E-state index contributed by atoms with van der Waals surface area (Å²) < 4.78 is 0. The van der Waals surface area contributed by atoms with E-state index < -0.39 is 0 Å². The molecule has 120 valence electrons. The van der Waals surface area contributed by atoms with Crippen molar-refractivity contribution in [1.29, 1.82) is 0 Å². The third-order valence-electron chi connectivity index (χ3n) is 3.84. The van der Waals surface area contributed by atoms with Crippen LogP contribution in [0.15, 0.2) is 71.8 Å². The average molecular weight is 337 g/mol. The van der Waals surface area contributed by atoms with E-state index in [0.29, 0.717) is 11.4 Å². The summed E-state index contributed by atoms with van der Waals surface area (Å²) in [5, 5.41) is 7.07. The summed E-state index contributed by atoms with van der Waals surface area (Å²) in [4.78, 5) is 12.2. The Hall–Kier alpha value is -2.65. The van der Waals surface area contributed by atoms with Crippen LogP contribution in [0.3, 0.4) is 0 Å². The molecule has 1 N–H and O–H groups in total. The zero-order valence-corrected chi connectivity index (χ0v) is 14.0. The molecule has 0 heterocycles. The molecule has 0 bridgehead atoms. The Bertz CT molecular complexity index is 896. The fourth-order valence-electron chi connectivity index (χ4n) is 2.56. The first-order valence-corrected chi connectivity index (χ1v) is 8.07. The van der Waals surface area contributed by atoms with Crippen LogP contribution >= 0.6 is 11.6 Å². The van der Waals surface area contributed by atoms with Crippen LogP contribution in [0.25, 0.3) is 10.8 Å². The first kappa shape index (κ1) is 16.2. The number of halogens is 1. The zero-order valence-electron chi connectivity index (χ0n) is 13.3. The van der Waals surface area contributed by atoms with Crippen LogP contribution in [0.4, 0.5) is 0 Å². The molecule has 4 heteroatoms. The van der Waals surface area contributed by atoms with Gasteiger partial charge in [-0.05, 0) is 41.0 Å². The van der Waals surface area contributed by atoms with Crippen LogP contribution in [-0.2, 0) is 11.2 Å². The highest BCUT2D eigenvalue weighted by Crippen LogP contribution is 2.18. The van der Waals surface area contributed by atoms with Crippen LogP contribution in [0, 0.1) is 0 Å². The molecule has 0 aliphatic heterocycles. The van der Waals surface area contributed by atoms with Crippen LogP contribution in [0.5, 0.6) is 0 Å². The van der Waals surface area contributed by atoms with Gasteiger partial charge in [-0.3, -0.25) is 4.79 Å². The number of rotatable bonds is 4. The number of amides is 1. The van der Waals surface area contributed by atoms with Crippen molar-refractivity contribution in [2.75, 3.05) is 0 Å². The molecule has 0 spiro atoms. The first-order chi connectivity index (χ1) is 11.6. The number of nitrogens with one attached hydrogen (secondary N) is 1. The van der Waals surface area contributed by atoms with Gasteiger partial charge >= 0.3 is 0 Å². The molecule has 0 radical (unpaired) electrons. The third-order valence-corrected chi connectivity index (χ3v) is 4.09. The third kappa shape index (κ3) is 3.81. The van der Waals surface area contributed by atoms with Crippen LogP contribution in [-0.4, -0.2) is 11.6 Å². The van der Waals surface area contributed by atoms with Crippen molar-refractivity contribution in [2.45, 2.75) is 13.3 Å². The highest BCUT2D eigenvalue weighted by atomic mass is 35.5. The van der Waals surface area contributed by atoms with Gasteiger partial charge in [-0.1, -0.05) is 66.2 Å². The number of fused-ring (bicyclic) bond motifs is 1. The van der Waals surface area contributed by atoms with Crippen LogP contribution in [0.1, 0.15) is 18.1 Å². The minimum Gasteiger partial charge on any atom is -0.273 e. The Morgan fingerprint density at radius 1 is 1.00 bits per heavy atom. The van der Waals surface area contributed by atoms with Gasteiger partial charge in [0, 0.05) is 5.02 Å². The molecule has 0 atom stereocenters. The molecule has 0 aliphatic rings. The molecule has 3 nitrogen and oxygen atoms in total. The van der Waals surface area contributed by atoms with Gasteiger partial charge in [0.25, 0.3) is 0 Å². The van der Waals surface area contributed by atoms with Crippen molar-refractivity contribution in [3.63, 3.8) is 0 Å². The normalized spacial score (nSPS) is 11.5. The number of benzene rings is 3. The van der Waals surface area contributed by atoms with Crippen molar-refractivity contribution in [3.05, 3.63) is 82.9 Å². The number of hydrazone groups is 1. The van der Waals surface area contributed by atoms with Gasteiger partial charge in [0.15, 0.2) is 0 Å². The fourth-order valence-corrected chi connectivity index (χ4v) is 2.69. The lowest BCUT2D eigenvalue weighted by Crippen LogP contribution is -2.21. The highest BCUT2D eigenvalue weighted by molar-refractivity contribution is 6.30. The number of carbonyl (C=O) groups excluding carboxylic acids is 1. The van der Waals surface area contributed by atoms with Crippen LogP contribution < -0.4 is 5.43 Å². The summed E-state index contributed by atoms with van der Waals surface area (Å²) >= 11 is 5.87. The molecular formula is C20H17ClN2O. The van der Waals surface area contributed by atoms with Gasteiger partial charge in [-0.2, -0.15) is 5.10 Å². The summed E-state index contributed by atoms with van der Waals surface area (Å²) in [7, 11) is 0. The molecule has 0 aliphatic carbocycles. The summed E-state index contributed by atoms with van der Waals surface area (Å²) in [6.45, 7) is 1.85. The van der Waals surface area contributed by atoms with Gasteiger partial charge in [-0.15, -0.1) is 0 Å². The average Bonchev–Trinajstić information content (AvgIpc) is 2.61. The van der Waals surface area contributed by atoms with Gasteiger partial charge < -0.3 is 0 Å². The van der Waals surface area contributed by atoms with E-state index in [4.69, 9.17) is 11.6 Å². The summed E-state index contributed by atoms with van der Waals surface area (Å²) in [6.07, 6.45) is 0.290. The molecule has 0 fully saturated rings. The molecule has 0 unspecified atom stereocenters. The molecule has 3 aromatic rings. The van der Waals surface area contributed by atoms with E-state index in [9.17, 15) is 4.79 Å². The number of nitrogens with zero attached hydrogens (tertiary/aromatic N) is 1. The van der Waals surface area contributed by atoms with Gasteiger partial charge in [0.1, 0.15) is 0 Å². The van der Waals surface area contributed by atoms with E-state index >= 15 is 0 Å². The quantitative estimate of drug-likeness (QED) is 0.550. The molecule has 3 aromatic carbocycles. The number of hydrogen-bond acceptors (Lipinski definition) is 2. The van der Waals surface area contributed by atoms with E-state index in [2.05, 4.69) is 10.5 Å². The van der Waals surface area contributed by atoms with Crippen molar-refractivity contribution in [1.82, 2.24) is 5.43 Å². The molecule has 3 rings (SSSR count). The Morgan fingerprint density at radius 3 is 2.50 bits per heavy atom. The lowest BCUT2D eigenvalue weighted by atomic mass is 10.0. The van der Waals surface area contributed by atoms with Crippen molar-refractivity contribution in [2.24, 2.45) is 5.10 Å². The molecular weight excluding hydrogens is 320 g/mol. The lowest BCUT2D eigenvalue weighted by Gasteiger charge is -2.06. The molecule has 0 saturated carbocycles. The molecule has 24 heavy (non-hydrogen) atoms. The first-order valence-electron chi connectivity index (χ1n) is 7.69. The minimum absolute atomic E-state index is 0.139. The van der Waals surface area contributed by atoms with Gasteiger partial charge in [0.2, 0.25) is 5.91 Å². The van der Waals surface area contributed by atoms with Crippen molar-refractivity contribution >= 4 is 34.0 Å². The van der Waals surface area contributed by atoms with Gasteiger partial charge in [0.05, 0.1) is 12.1 Å². The highest BCUT2D eigenvalue weighted by Gasteiger charge is 2.06. The Morgan fingerprint density at radius 2 is 1.71 bits per heavy atom. The van der Waals surface area contributed by atoms with E-state index in [1.54, 1.807) is 12.1 Å². The second kappa shape index (κ2) is 7.28. The second-order valence-corrected chi connectivity index (χ2v) is 5.99. The Labute approximate surface area is 146 Å². The second-order valence-electron chi connectivity index (χ2n) is 5.55. The Balaban J connectivity index is 1.71. The van der Waals surface area contributed by atoms with Crippen molar-refractivity contribution < 1.29 is 4.79 Å². The largest absolute Gasteiger partial charge is 0.273 e. The smallest absolute Gasteiger partial charge is 0.244 e. The molecule has 0 aromatic heterocycles. The SMILES string of the molecule is CC(=NNC(=O)Cc1cccc2ccccc12)c1ccc(Cl)cc1. The van der Waals surface area contributed by atoms with E-state index in [1.807, 2.05) is 61.5 Å². The Kier molecular flexibility index (Phi) is 4.92. The fraction of sp³-hybridized carbons (Fsp3) is 0.100. The summed E-state index contributed by atoms with van der Waals surface area (Å²) in [6, 6.07) is 21.4. The maximum atomic E-state index is 12.2. The van der Waals surface area contributed by atoms with Gasteiger partial charge in [-0.25, -0.2) is 5.43 Å². The zero-order chi connectivity index (χ0) is 16.9. The monoisotopic (exact) mass is 336 g/mol. The maximum Gasteiger partial charge on any atom is 0.244 e. The van der Waals surface area contributed by atoms with Crippen molar-refractivity contribution in [3.8, 4) is 0 Å². The number of carbonyl (C=O) groups is 1.